The van der Waals surface area contributed by atoms with Crippen LogP contribution in [0.2, 0.25) is 0 Å². The van der Waals surface area contributed by atoms with Crippen LogP contribution in [-0.4, -0.2) is 17.5 Å². The Kier molecular flexibility index (Phi) is 6.75. The van der Waals surface area contributed by atoms with E-state index in [4.69, 9.17) is 4.74 Å². The van der Waals surface area contributed by atoms with Gasteiger partial charge in [-0.3, -0.25) is 10.2 Å². The molecule has 26 heavy (non-hydrogen) atoms. The lowest BCUT2D eigenvalue weighted by atomic mass is 10.0. The molecule has 2 aromatic rings. The molecule has 0 fully saturated rings. The number of hydrogen-bond acceptors (Lipinski definition) is 6. The number of carbonyl (C=O) groups is 1. The maximum atomic E-state index is 12.0. The van der Waals surface area contributed by atoms with Crippen molar-refractivity contribution in [1.29, 1.82) is 5.26 Å². The van der Waals surface area contributed by atoms with Gasteiger partial charge in [-0.2, -0.15) is 5.26 Å². The molecule has 0 atom stereocenters. The molecule has 1 amide bonds. The minimum atomic E-state index is -0.343. The zero-order valence-electron chi connectivity index (χ0n) is 15.3. The average molecular weight is 370 g/mol. The summed E-state index contributed by atoms with van der Waals surface area (Å²) in [5.74, 6) is 0.668. The van der Waals surface area contributed by atoms with E-state index >= 15 is 0 Å². The molecule has 1 heterocycles. The van der Waals surface area contributed by atoms with E-state index in [2.05, 4.69) is 35.8 Å². The number of aromatic nitrogens is 1. The molecule has 0 unspecified atom stereocenters. The van der Waals surface area contributed by atoms with Crippen molar-refractivity contribution in [3.63, 3.8) is 0 Å². The first kappa shape index (κ1) is 19.5. The van der Waals surface area contributed by atoms with Gasteiger partial charge in [0.1, 0.15) is 22.4 Å². The summed E-state index contributed by atoms with van der Waals surface area (Å²) in [5.41, 5.74) is 8.46. The highest BCUT2D eigenvalue weighted by atomic mass is 32.1. The zero-order valence-corrected chi connectivity index (χ0v) is 16.1. The first-order valence-corrected chi connectivity index (χ1v) is 9.09. The van der Waals surface area contributed by atoms with Crippen LogP contribution >= 0.6 is 11.3 Å². The third kappa shape index (κ3) is 5.33. The first-order valence-electron chi connectivity index (χ1n) is 8.21. The largest absolute Gasteiger partial charge is 0.483 e. The van der Waals surface area contributed by atoms with Crippen LogP contribution in [0.15, 0.2) is 29.8 Å². The molecule has 2 rings (SSSR count). The minimum absolute atomic E-state index is 0.123. The van der Waals surface area contributed by atoms with Crippen molar-refractivity contribution in [2.24, 2.45) is 0 Å². The predicted molar refractivity (Wildman–Crippen MR) is 102 cm³/mol. The van der Waals surface area contributed by atoms with Crippen molar-refractivity contribution in [3.05, 3.63) is 51.6 Å². The summed E-state index contributed by atoms with van der Waals surface area (Å²) in [7, 11) is 0. The molecule has 1 aromatic carbocycles. The summed E-state index contributed by atoms with van der Waals surface area (Å²) in [6.07, 6.45) is 1.42. The summed E-state index contributed by atoms with van der Waals surface area (Å²) in [6, 6.07) is 8.02. The van der Waals surface area contributed by atoms with E-state index in [9.17, 15) is 10.1 Å². The molecule has 2 N–H and O–H groups in total. The molecule has 6 nitrogen and oxygen atoms in total. The summed E-state index contributed by atoms with van der Waals surface area (Å²) in [5, 5.41) is 11.6. The van der Waals surface area contributed by atoms with Crippen molar-refractivity contribution in [1.82, 2.24) is 15.8 Å². The number of hydrogen-bond donors (Lipinski definition) is 2. The molecule has 0 radical (unpaired) electrons. The SMILES string of the molecule is Cc1ccc(C(C)C)c(OCC(=O)NN/C=C(\C#N)c2nc(C)cs2)c1. The normalized spacial score (nSPS) is 11.2. The number of nitriles is 1. The Morgan fingerprint density at radius 1 is 1.42 bits per heavy atom. The maximum absolute atomic E-state index is 12.0. The van der Waals surface area contributed by atoms with E-state index in [0.29, 0.717) is 22.2 Å². The van der Waals surface area contributed by atoms with Crippen LogP contribution in [0.1, 0.15) is 41.6 Å². The molecule has 0 saturated heterocycles. The highest BCUT2D eigenvalue weighted by Crippen LogP contribution is 2.27. The number of hydrazine groups is 1. The van der Waals surface area contributed by atoms with Gasteiger partial charge in [0.15, 0.2) is 6.61 Å². The van der Waals surface area contributed by atoms with Crippen LogP contribution in [0, 0.1) is 25.2 Å². The zero-order chi connectivity index (χ0) is 19.1. The molecule has 1 aromatic heterocycles. The number of allylic oxidation sites excluding steroid dienone is 1. The summed E-state index contributed by atoms with van der Waals surface area (Å²) < 4.78 is 5.66. The van der Waals surface area contributed by atoms with Crippen molar-refractivity contribution >= 4 is 22.8 Å². The van der Waals surface area contributed by atoms with E-state index in [-0.39, 0.29) is 12.5 Å². The molecule has 0 spiro atoms. The van der Waals surface area contributed by atoms with E-state index in [0.717, 1.165) is 16.8 Å². The molecule has 136 valence electrons. The van der Waals surface area contributed by atoms with Gasteiger partial charge in [-0.1, -0.05) is 26.0 Å². The molecule has 7 heteroatoms. The molecule has 0 bridgehead atoms. The smallest absolute Gasteiger partial charge is 0.276 e. The summed E-state index contributed by atoms with van der Waals surface area (Å²) >= 11 is 1.37. The Bertz CT molecular complexity index is 849. The third-order valence-electron chi connectivity index (χ3n) is 3.55. The van der Waals surface area contributed by atoms with Crippen molar-refractivity contribution in [2.45, 2.75) is 33.6 Å². The fourth-order valence-corrected chi connectivity index (χ4v) is 2.99. The van der Waals surface area contributed by atoms with E-state index in [1.165, 1.54) is 17.5 Å². The Labute approximate surface area is 157 Å². The van der Waals surface area contributed by atoms with Gasteiger partial charge >= 0.3 is 0 Å². The lowest BCUT2D eigenvalue weighted by Gasteiger charge is -2.14. The Balaban J connectivity index is 1.91. The Morgan fingerprint density at radius 3 is 2.81 bits per heavy atom. The second-order valence-electron chi connectivity index (χ2n) is 6.14. The van der Waals surface area contributed by atoms with E-state index < -0.39 is 0 Å². The number of carbonyl (C=O) groups excluding carboxylic acids is 1. The molecule has 0 saturated carbocycles. The van der Waals surface area contributed by atoms with Gasteiger partial charge in [0.2, 0.25) is 0 Å². The van der Waals surface area contributed by atoms with E-state index in [1.807, 2.05) is 37.4 Å². The number of rotatable bonds is 7. The van der Waals surface area contributed by atoms with Crippen LogP contribution in [0.4, 0.5) is 0 Å². The maximum Gasteiger partial charge on any atom is 0.276 e. The Morgan fingerprint density at radius 2 is 2.19 bits per heavy atom. The topological polar surface area (TPSA) is 87.0 Å². The minimum Gasteiger partial charge on any atom is -0.483 e. The number of amides is 1. The van der Waals surface area contributed by atoms with Crippen LogP contribution in [0.3, 0.4) is 0 Å². The number of aryl methyl sites for hydroxylation is 2. The number of benzene rings is 1. The van der Waals surface area contributed by atoms with Gasteiger partial charge in [-0.25, -0.2) is 4.98 Å². The van der Waals surface area contributed by atoms with Crippen LogP contribution in [-0.2, 0) is 4.79 Å². The molecule has 0 aliphatic heterocycles. The fourth-order valence-electron chi connectivity index (χ4n) is 2.23. The molecule has 0 aliphatic carbocycles. The van der Waals surface area contributed by atoms with Crippen molar-refractivity contribution in [3.8, 4) is 11.8 Å². The second kappa shape index (κ2) is 9.02. The van der Waals surface area contributed by atoms with Gasteiger partial charge in [0.05, 0.1) is 0 Å². The number of ether oxygens (including phenoxy) is 1. The molecular formula is C19H22N4O2S. The number of thiazole rings is 1. The average Bonchev–Trinajstić information content (AvgIpc) is 3.02. The van der Waals surface area contributed by atoms with Crippen LogP contribution in [0.5, 0.6) is 5.75 Å². The standard InChI is InChI=1S/C19H22N4O2S/c1-12(2)16-6-5-13(3)7-17(16)25-10-18(24)23-21-9-15(8-20)19-22-14(4)11-26-19/h5-7,9,11-12,21H,10H2,1-4H3,(H,23,24)/b15-9+. The highest BCUT2D eigenvalue weighted by Gasteiger charge is 2.10. The van der Waals surface area contributed by atoms with Gasteiger partial charge in [-0.05, 0) is 37.0 Å². The fraction of sp³-hybridized carbons (Fsp3) is 0.316. The highest BCUT2D eigenvalue weighted by molar-refractivity contribution is 7.10. The lowest BCUT2D eigenvalue weighted by molar-refractivity contribution is -0.123. The van der Waals surface area contributed by atoms with Gasteiger partial charge in [0.25, 0.3) is 5.91 Å². The van der Waals surface area contributed by atoms with E-state index in [1.54, 1.807) is 0 Å². The van der Waals surface area contributed by atoms with Crippen molar-refractivity contribution in [2.75, 3.05) is 6.61 Å². The monoisotopic (exact) mass is 370 g/mol. The third-order valence-corrected chi connectivity index (χ3v) is 4.54. The number of nitrogens with one attached hydrogen (secondary N) is 2. The van der Waals surface area contributed by atoms with Crippen molar-refractivity contribution < 1.29 is 9.53 Å². The quantitative estimate of drug-likeness (QED) is 0.576. The number of nitrogens with zero attached hydrogens (tertiary/aromatic N) is 2. The van der Waals surface area contributed by atoms with Crippen LogP contribution in [0.25, 0.3) is 5.57 Å². The second-order valence-corrected chi connectivity index (χ2v) is 7.00. The lowest BCUT2D eigenvalue weighted by Crippen LogP contribution is -2.37. The van der Waals surface area contributed by atoms with Gasteiger partial charge in [-0.15, -0.1) is 11.3 Å². The van der Waals surface area contributed by atoms with Gasteiger partial charge in [0, 0.05) is 17.3 Å². The van der Waals surface area contributed by atoms with Gasteiger partial charge < -0.3 is 10.2 Å². The first-order chi connectivity index (χ1) is 12.4. The summed E-state index contributed by atoms with van der Waals surface area (Å²) in [4.78, 5) is 16.2. The summed E-state index contributed by atoms with van der Waals surface area (Å²) in [6.45, 7) is 7.87. The Hall–Kier alpha value is -2.85. The predicted octanol–water partition coefficient (Wildman–Crippen LogP) is 3.45. The molecule has 0 aliphatic rings. The van der Waals surface area contributed by atoms with Crippen LogP contribution < -0.4 is 15.6 Å². The molecular weight excluding hydrogens is 348 g/mol.